The lowest BCUT2D eigenvalue weighted by atomic mass is 10.2. The van der Waals surface area contributed by atoms with E-state index in [4.69, 9.17) is 4.74 Å². The minimum Gasteiger partial charge on any atom is -0.462 e. The van der Waals surface area contributed by atoms with E-state index in [0.29, 0.717) is 0 Å². The molecule has 9 heteroatoms. The molecule has 0 unspecified atom stereocenters. The van der Waals surface area contributed by atoms with Gasteiger partial charge in [-0.3, -0.25) is 14.8 Å². The number of ether oxygens (including phenoxy) is 1. The number of halogens is 3. The van der Waals surface area contributed by atoms with E-state index in [0.717, 1.165) is 12.1 Å². The Hall–Kier alpha value is -3.10. The second kappa shape index (κ2) is 7.26. The number of benzene rings is 1. The van der Waals surface area contributed by atoms with Gasteiger partial charge in [-0.2, -0.15) is 13.2 Å². The van der Waals surface area contributed by atoms with Crippen molar-refractivity contribution >= 4 is 23.4 Å². The maximum absolute atomic E-state index is 12.9. The van der Waals surface area contributed by atoms with Crippen LogP contribution in [0.4, 0.5) is 29.3 Å². The van der Waals surface area contributed by atoms with Crippen LogP contribution < -0.4 is 9.80 Å². The van der Waals surface area contributed by atoms with E-state index in [1.807, 2.05) is 0 Å². The fraction of sp³-hybridized carbons (Fsp3) is 0.278. The predicted octanol–water partition coefficient (Wildman–Crippen LogP) is 3.72. The van der Waals surface area contributed by atoms with Gasteiger partial charge < -0.3 is 4.74 Å². The van der Waals surface area contributed by atoms with Crippen molar-refractivity contribution in [3.63, 3.8) is 0 Å². The number of urea groups is 1. The summed E-state index contributed by atoms with van der Waals surface area (Å²) in [4.78, 5) is 31.4. The third-order valence-electron chi connectivity index (χ3n) is 4.08. The van der Waals surface area contributed by atoms with Gasteiger partial charge in [0.1, 0.15) is 0 Å². The zero-order valence-corrected chi connectivity index (χ0v) is 14.4. The molecule has 142 valence electrons. The number of carbonyl (C=O) groups is 2. The lowest BCUT2D eigenvalue weighted by molar-refractivity contribution is -0.137. The number of amides is 2. The van der Waals surface area contributed by atoms with Gasteiger partial charge in [-0.1, -0.05) is 6.07 Å². The highest BCUT2D eigenvalue weighted by atomic mass is 19.4. The molecule has 1 fully saturated rings. The standard InChI is InChI=1S/C18H16F3N3O3/c1-2-27-16(25)14-6-7-22-11-15(14)24-9-8-23(17(24)26)13-5-3-4-12(10-13)18(19,20)21/h3-7,10-11H,2,8-9H2,1H3. The van der Waals surface area contributed by atoms with E-state index in [9.17, 15) is 22.8 Å². The second-order valence-electron chi connectivity index (χ2n) is 5.75. The van der Waals surface area contributed by atoms with Crippen molar-refractivity contribution in [2.24, 2.45) is 0 Å². The average molecular weight is 379 g/mol. The zero-order valence-electron chi connectivity index (χ0n) is 14.4. The van der Waals surface area contributed by atoms with Crippen LogP contribution in [-0.2, 0) is 10.9 Å². The number of rotatable bonds is 4. The average Bonchev–Trinajstić information content (AvgIpc) is 3.02. The van der Waals surface area contributed by atoms with Crippen molar-refractivity contribution in [2.75, 3.05) is 29.5 Å². The van der Waals surface area contributed by atoms with Crippen LogP contribution in [0.15, 0.2) is 42.7 Å². The minimum absolute atomic E-state index is 0.138. The molecule has 1 aliphatic rings. The first-order valence-electron chi connectivity index (χ1n) is 8.20. The van der Waals surface area contributed by atoms with Gasteiger partial charge in [-0.25, -0.2) is 9.59 Å². The second-order valence-corrected chi connectivity index (χ2v) is 5.75. The smallest absolute Gasteiger partial charge is 0.416 e. The van der Waals surface area contributed by atoms with Crippen LogP contribution in [0.3, 0.4) is 0 Å². The molecule has 1 saturated heterocycles. The molecular formula is C18H16F3N3O3. The minimum atomic E-state index is -4.50. The summed E-state index contributed by atoms with van der Waals surface area (Å²) in [5.41, 5.74) is -0.264. The Morgan fingerprint density at radius 3 is 2.67 bits per heavy atom. The van der Waals surface area contributed by atoms with Gasteiger partial charge in [0, 0.05) is 25.0 Å². The molecule has 2 amide bonds. The van der Waals surface area contributed by atoms with Crippen LogP contribution in [0.2, 0.25) is 0 Å². The molecule has 1 aliphatic heterocycles. The molecule has 0 spiro atoms. The van der Waals surface area contributed by atoms with E-state index in [-0.39, 0.29) is 36.6 Å². The summed E-state index contributed by atoms with van der Waals surface area (Å²) in [6.07, 6.45) is -1.74. The van der Waals surface area contributed by atoms with E-state index in [2.05, 4.69) is 4.98 Å². The molecule has 0 bridgehead atoms. The Balaban J connectivity index is 1.90. The van der Waals surface area contributed by atoms with Crippen LogP contribution in [0.25, 0.3) is 0 Å². The normalized spacial score (nSPS) is 14.6. The highest BCUT2D eigenvalue weighted by Crippen LogP contribution is 2.33. The maximum atomic E-state index is 12.9. The Morgan fingerprint density at radius 2 is 1.96 bits per heavy atom. The van der Waals surface area contributed by atoms with Crippen LogP contribution in [0.1, 0.15) is 22.8 Å². The van der Waals surface area contributed by atoms with Gasteiger partial charge in [-0.15, -0.1) is 0 Å². The van der Waals surface area contributed by atoms with Crippen LogP contribution in [0, 0.1) is 0 Å². The Labute approximate surface area is 153 Å². The number of hydrogen-bond donors (Lipinski definition) is 0. The maximum Gasteiger partial charge on any atom is 0.416 e. The first-order chi connectivity index (χ1) is 12.8. The molecule has 3 rings (SSSR count). The fourth-order valence-electron chi connectivity index (χ4n) is 2.83. The molecule has 27 heavy (non-hydrogen) atoms. The molecule has 1 aromatic carbocycles. The fourth-order valence-corrected chi connectivity index (χ4v) is 2.83. The monoisotopic (exact) mass is 379 g/mol. The third-order valence-corrected chi connectivity index (χ3v) is 4.08. The van der Waals surface area contributed by atoms with Gasteiger partial charge in [0.05, 0.1) is 29.6 Å². The van der Waals surface area contributed by atoms with Crippen LogP contribution >= 0.6 is 0 Å². The topological polar surface area (TPSA) is 62.7 Å². The SMILES string of the molecule is CCOC(=O)c1ccncc1N1CCN(c2cccc(C(F)(F)F)c2)C1=O. The Bertz CT molecular complexity index is 870. The molecule has 2 heterocycles. The number of esters is 1. The number of pyridine rings is 1. The lowest BCUT2D eigenvalue weighted by Crippen LogP contribution is -2.33. The molecule has 0 N–H and O–H groups in total. The summed E-state index contributed by atoms with van der Waals surface area (Å²) in [5.74, 6) is -0.597. The van der Waals surface area contributed by atoms with Crippen LogP contribution in [0.5, 0.6) is 0 Å². The number of aromatic nitrogens is 1. The van der Waals surface area contributed by atoms with Crippen molar-refractivity contribution in [2.45, 2.75) is 13.1 Å². The molecule has 0 atom stereocenters. The Morgan fingerprint density at radius 1 is 1.22 bits per heavy atom. The van der Waals surface area contributed by atoms with Gasteiger partial charge in [0.25, 0.3) is 0 Å². The summed E-state index contributed by atoms with van der Waals surface area (Å²) < 4.78 is 43.8. The van der Waals surface area contributed by atoms with Gasteiger partial charge in [-0.05, 0) is 31.2 Å². The van der Waals surface area contributed by atoms with E-state index < -0.39 is 23.7 Å². The van der Waals surface area contributed by atoms with E-state index in [1.54, 1.807) is 6.92 Å². The van der Waals surface area contributed by atoms with E-state index >= 15 is 0 Å². The zero-order chi connectivity index (χ0) is 19.6. The molecule has 0 saturated carbocycles. The third kappa shape index (κ3) is 3.71. The first-order valence-corrected chi connectivity index (χ1v) is 8.20. The Kier molecular flexibility index (Phi) is 5.02. The molecule has 0 aliphatic carbocycles. The predicted molar refractivity (Wildman–Crippen MR) is 91.7 cm³/mol. The number of carbonyl (C=O) groups excluding carboxylic acids is 2. The van der Waals surface area contributed by atoms with Crippen molar-refractivity contribution < 1.29 is 27.5 Å². The van der Waals surface area contributed by atoms with Gasteiger partial charge in [0.2, 0.25) is 0 Å². The summed E-state index contributed by atoms with van der Waals surface area (Å²) in [7, 11) is 0. The van der Waals surface area contributed by atoms with Gasteiger partial charge >= 0.3 is 18.2 Å². The molecule has 6 nitrogen and oxygen atoms in total. The van der Waals surface area contributed by atoms with Crippen molar-refractivity contribution in [3.8, 4) is 0 Å². The molecule has 1 aromatic heterocycles. The highest BCUT2D eigenvalue weighted by Gasteiger charge is 2.35. The highest BCUT2D eigenvalue weighted by molar-refractivity contribution is 6.09. The van der Waals surface area contributed by atoms with E-state index in [1.165, 1.54) is 40.4 Å². The number of alkyl halides is 3. The van der Waals surface area contributed by atoms with Gasteiger partial charge in [0.15, 0.2) is 0 Å². The molecule has 2 aromatic rings. The number of anilines is 2. The molecule has 0 radical (unpaired) electrons. The largest absolute Gasteiger partial charge is 0.462 e. The number of nitrogens with zero attached hydrogens (tertiary/aromatic N) is 3. The quantitative estimate of drug-likeness (QED) is 0.760. The summed E-state index contributed by atoms with van der Waals surface area (Å²) >= 11 is 0. The van der Waals surface area contributed by atoms with Crippen molar-refractivity contribution in [1.82, 2.24) is 4.98 Å². The molecular weight excluding hydrogens is 363 g/mol. The van der Waals surface area contributed by atoms with Crippen molar-refractivity contribution in [3.05, 3.63) is 53.9 Å². The number of hydrogen-bond acceptors (Lipinski definition) is 4. The van der Waals surface area contributed by atoms with Crippen molar-refractivity contribution in [1.29, 1.82) is 0 Å². The summed E-state index contributed by atoms with van der Waals surface area (Å²) in [6, 6.07) is 5.47. The lowest BCUT2D eigenvalue weighted by Gasteiger charge is -2.21. The summed E-state index contributed by atoms with van der Waals surface area (Å²) in [5, 5.41) is 0. The van der Waals surface area contributed by atoms with Crippen LogP contribution in [-0.4, -0.2) is 36.7 Å². The first kappa shape index (κ1) is 18.7. The summed E-state index contributed by atoms with van der Waals surface area (Å²) in [6.45, 7) is 2.21.